The van der Waals surface area contributed by atoms with Crippen LogP contribution in [0.2, 0.25) is 0 Å². The Bertz CT molecular complexity index is 138. The third-order valence-electron chi connectivity index (χ3n) is 0.669. The third-order valence-corrected chi connectivity index (χ3v) is 1.16. The Balaban J connectivity index is 0.000000490. The Morgan fingerprint density at radius 2 is 2.25 bits per heavy atom. The lowest BCUT2D eigenvalue weighted by atomic mass is 10.4. The Kier molecular flexibility index (Phi) is 4.61. The molecule has 0 saturated heterocycles. The molecule has 1 aromatic rings. The molecule has 2 heteroatoms. The summed E-state index contributed by atoms with van der Waals surface area (Å²) in [4.78, 5) is 0. The predicted octanol–water partition coefficient (Wildman–Crippen LogP) is 1.33. The van der Waals surface area contributed by atoms with Gasteiger partial charge in [-0.2, -0.15) is 0 Å². The molecule has 0 unspecified atom stereocenters. The molecule has 0 amide bonds. The third kappa shape index (κ3) is 2.70. The van der Waals surface area contributed by atoms with E-state index in [-0.39, 0.29) is 23.1 Å². The van der Waals surface area contributed by atoms with Gasteiger partial charge in [0.15, 0.2) is 0 Å². The van der Waals surface area contributed by atoms with Crippen molar-refractivity contribution in [3.8, 4) is 0 Å². The van der Waals surface area contributed by atoms with Gasteiger partial charge in [-0.05, 0) is 18.2 Å². The molecule has 0 saturated carbocycles. The summed E-state index contributed by atoms with van der Waals surface area (Å²) in [5.74, 6) is 0. The summed E-state index contributed by atoms with van der Waals surface area (Å²) in [6.07, 6.45) is 0. The van der Waals surface area contributed by atoms with Crippen LogP contribution >= 0.6 is 15.9 Å². The van der Waals surface area contributed by atoms with E-state index in [1.165, 1.54) is 0 Å². The van der Waals surface area contributed by atoms with Gasteiger partial charge in [-0.1, -0.05) is 28.1 Å². The van der Waals surface area contributed by atoms with Gasteiger partial charge in [-0.3, -0.25) is 0 Å². The molecular formula is C6H6BrMg. The maximum Gasteiger partial charge on any atom is 0.316 e. The highest BCUT2D eigenvalue weighted by atomic mass is 79.9. The number of benzene rings is 1. The minimum absolute atomic E-state index is 0. The first kappa shape index (κ1) is 8.47. The van der Waals surface area contributed by atoms with Crippen LogP contribution in [0.25, 0.3) is 0 Å². The number of halogens is 1. The lowest BCUT2D eigenvalue weighted by Gasteiger charge is -1.79. The highest BCUT2D eigenvalue weighted by Crippen LogP contribution is 2.04. The maximum atomic E-state index is 3.28. The molecule has 0 nitrogen and oxygen atoms in total. The van der Waals surface area contributed by atoms with Crippen molar-refractivity contribution in [1.82, 2.24) is 0 Å². The standard InChI is InChI=1S/C6H4Br.Mg.2H/c7-6-4-2-1-3-5-6;;;/h1-2,4-5H;;;. The minimum atomic E-state index is 0. The summed E-state index contributed by atoms with van der Waals surface area (Å²) in [6.45, 7) is 0. The van der Waals surface area contributed by atoms with E-state index in [4.69, 9.17) is 0 Å². The molecule has 0 N–H and O–H groups in total. The molecule has 1 aromatic carbocycles. The van der Waals surface area contributed by atoms with Crippen molar-refractivity contribution < 1.29 is 0 Å². The van der Waals surface area contributed by atoms with Crippen molar-refractivity contribution in [1.29, 1.82) is 0 Å². The van der Waals surface area contributed by atoms with Gasteiger partial charge in [0, 0.05) is 4.47 Å². The fraction of sp³-hybridized carbons (Fsp3) is 0. The summed E-state index contributed by atoms with van der Waals surface area (Å²) in [7, 11) is 0. The molecule has 0 aliphatic heterocycles. The molecule has 39 valence electrons. The van der Waals surface area contributed by atoms with Gasteiger partial charge in [0.2, 0.25) is 0 Å². The van der Waals surface area contributed by atoms with E-state index in [0.717, 1.165) is 4.47 Å². The van der Waals surface area contributed by atoms with E-state index in [1.54, 1.807) is 0 Å². The van der Waals surface area contributed by atoms with E-state index in [0.29, 0.717) is 0 Å². The van der Waals surface area contributed by atoms with Crippen molar-refractivity contribution in [2.24, 2.45) is 0 Å². The topological polar surface area (TPSA) is 0 Å². The van der Waals surface area contributed by atoms with E-state index >= 15 is 0 Å². The second-order valence-electron chi connectivity index (χ2n) is 1.22. The lowest BCUT2D eigenvalue weighted by Crippen LogP contribution is -1.56. The van der Waals surface area contributed by atoms with Crippen molar-refractivity contribution in [3.05, 3.63) is 34.8 Å². The first-order chi connectivity index (χ1) is 3.39. The van der Waals surface area contributed by atoms with Crippen LogP contribution < -0.4 is 0 Å². The van der Waals surface area contributed by atoms with Crippen LogP contribution in [0.4, 0.5) is 0 Å². The average Bonchev–Trinajstić information content (AvgIpc) is 1.69. The van der Waals surface area contributed by atoms with Crippen molar-refractivity contribution >= 4 is 39.0 Å². The Labute approximate surface area is 73.6 Å². The average molecular weight is 182 g/mol. The zero-order valence-corrected chi connectivity index (χ0v) is 5.27. The Morgan fingerprint density at radius 3 is 2.50 bits per heavy atom. The van der Waals surface area contributed by atoms with Crippen LogP contribution in [0.1, 0.15) is 0 Å². The monoisotopic (exact) mass is 181 g/mol. The van der Waals surface area contributed by atoms with Gasteiger partial charge < -0.3 is 0 Å². The molecule has 0 atom stereocenters. The molecule has 0 bridgehead atoms. The van der Waals surface area contributed by atoms with Crippen LogP contribution in [0.3, 0.4) is 0 Å². The van der Waals surface area contributed by atoms with Crippen LogP contribution in [-0.2, 0) is 0 Å². The first-order valence-electron chi connectivity index (χ1n) is 2.01. The molecular weight excluding hydrogens is 176 g/mol. The van der Waals surface area contributed by atoms with Crippen molar-refractivity contribution in [3.63, 3.8) is 0 Å². The Morgan fingerprint density at radius 1 is 1.50 bits per heavy atom. The van der Waals surface area contributed by atoms with Gasteiger partial charge >= 0.3 is 23.1 Å². The SMILES string of the molecule is Brc1c[c]ccc1.[MgH2]. The molecule has 0 aromatic heterocycles. The molecule has 8 heavy (non-hydrogen) atoms. The smallest absolute Gasteiger partial charge is 0.0605 e. The fourth-order valence-electron chi connectivity index (χ4n) is 0.371. The first-order valence-corrected chi connectivity index (χ1v) is 2.80. The normalized spacial score (nSPS) is 7.62. The number of hydrogen-bond donors (Lipinski definition) is 0. The summed E-state index contributed by atoms with van der Waals surface area (Å²) in [5, 5.41) is 0. The van der Waals surface area contributed by atoms with E-state index in [2.05, 4.69) is 22.0 Å². The molecule has 0 spiro atoms. The van der Waals surface area contributed by atoms with Gasteiger partial charge in [0.1, 0.15) is 0 Å². The van der Waals surface area contributed by atoms with E-state index in [9.17, 15) is 0 Å². The highest BCUT2D eigenvalue weighted by molar-refractivity contribution is 9.10. The number of hydrogen-bond acceptors (Lipinski definition) is 0. The minimum Gasteiger partial charge on any atom is -0.0605 e. The molecule has 0 fully saturated rings. The fourth-order valence-corrected chi connectivity index (χ4v) is 0.656. The van der Waals surface area contributed by atoms with E-state index < -0.39 is 0 Å². The van der Waals surface area contributed by atoms with Crippen molar-refractivity contribution in [2.45, 2.75) is 0 Å². The Hall–Kier alpha value is 0.466. The van der Waals surface area contributed by atoms with Crippen LogP contribution in [0.5, 0.6) is 0 Å². The van der Waals surface area contributed by atoms with Gasteiger partial charge in [0.25, 0.3) is 0 Å². The van der Waals surface area contributed by atoms with Crippen LogP contribution in [-0.4, -0.2) is 23.1 Å². The quantitative estimate of drug-likeness (QED) is 0.531. The molecule has 0 aliphatic carbocycles. The summed E-state index contributed by atoms with van der Waals surface area (Å²) in [5.41, 5.74) is 0. The summed E-state index contributed by atoms with van der Waals surface area (Å²) < 4.78 is 1.08. The molecule has 0 heterocycles. The van der Waals surface area contributed by atoms with Crippen molar-refractivity contribution in [2.75, 3.05) is 0 Å². The van der Waals surface area contributed by atoms with Crippen LogP contribution in [0.15, 0.2) is 28.7 Å². The zero-order valence-electron chi connectivity index (χ0n) is 3.69. The predicted molar refractivity (Wildman–Crippen MR) is 41.5 cm³/mol. The largest absolute Gasteiger partial charge is 0.316 e. The maximum absolute atomic E-state index is 3.28. The van der Waals surface area contributed by atoms with Crippen LogP contribution in [0, 0.1) is 6.07 Å². The summed E-state index contributed by atoms with van der Waals surface area (Å²) >= 11 is 3.28. The van der Waals surface area contributed by atoms with Gasteiger partial charge in [-0.25, -0.2) is 0 Å². The van der Waals surface area contributed by atoms with Gasteiger partial charge in [0.05, 0.1) is 0 Å². The lowest BCUT2D eigenvalue weighted by molar-refractivity contribution is 1.64. The molecule has 1 radical (unpaired) electrons. The van der Waals surface area contributed by atoms with Gasteiger partial charge in [-0.15, -0.1) is 0 Å². The second kappa shape index (κ2) is 4.36. The highest BCUT2D eigenvalue weighted by Gasteiger charge is 1.75. The number of rotatable bonds is 0. The molecule has 0 aliphatic rings. The molecule has 1 rings (SSSR count). The van der Waals surface area contributed by atoms with E-state index in [1.807, 2.05) is 24.3 Å². The zero-order chi connectivity index (χ0) is 5.11. The summed E-state index contributed by atoms with van der Waals surface area (Å²) in [6, 6.07) is 10.6. The second-order valence-corrected chi connectivity index (χ2v) is 2.14.